The fourth-order valence-corrected chi connectivity index (χ4v) is 3.85. The maximum atomic E-state index is 12.5. The molecule has 6 heteroatoms. The number of fused-ring (bicyclic) bond motifs is 1. The molecule has 0 aliphatic heterocycles. The lowest BCUT2D eigenvalue weighted by molar-refractivity contribution is -0.116. The molecule has 2 aromatic heterocycles. The fraction of sp³-hybridized carbons (Fsp3) is 0.435. The summed E-state index contributed by atoms with van der Waals surface area (Å²) in [5, 5.41) is 7.51. The molecule has 0 saturated carbocycles. The molecule has 0 saturated heterocycles. The number of rotatable bonds is 7. The number of benzene rings is 1. The molecule has 0 spiro atoms. The van der Waals surface area contributed by atoms with Crippen LogP contribution in [-0.4, -0.2) is 33.1 Å². The molecule has 29 heavy (non-hydrogen) atoms. The van der Waals surface area contributed by atoms with Gasteiger partial charge in [-0.2, -0.15) is 5.10 Å². The third-order valence-electron chi connectivity index (χ3n) is 5.33. The Balaban J connectivity index is 1.65. The van der Waals surface area contributed by atoms with Gasteiger partial charge < -0.3 is 10.2 Å². The van der Waals surface area contributed by atoms with Gasteiger partial charge >= 0.3 is 0 Å². The topological polar surface area (TPSA) is 62.5 Å². The van der Waals surface area contributed by atoms with E-state index in [9.17, 15) is 4.79 Å². The number of amides is 1. The van der Waals surface area contributed by atoms with E-state index in [-0.39, 0.29) is 5.91 Å². The first kappa shape index (κ1) is 20.8. The Labute approximate surface area is 172 Å². The van der Waals surface area contributed by atoms with Gasteiger partial charge in [0, 0.05) is 47.8 Å². The molecule has 6 nitrogen and oxygen atoms in total. The second-order valence-corrected chi connectivity index (χ2v) is 7.79. The molecule has 0 fully saturated rings. The summed E-state index contributed by atoms with van der Waals surface area (Å²) >= 11 is 0. The van der Waals surface area contributed by atoms with Gasteiger partial charge in [-0.15, -0.1) is 0 Å². The van der Waals surface area contributed by atoms with E-state index >= 15 is 0 Å². The monoisotopic (exact) mass is 393 g/mol. The lowest BCUT2D eigenvalue weighted by Crippen LogP contribution is -2.30. The molecular weight excluding hydrogens is 362 g/mol. The molecular formula is C23H31N5O. The summed E-state index contributed by atoms with van der Waals surface area (Å²) in [6.07, 6.45) is 1.05. The summed E-state index contributed by atoms with van der Waals surface area (Å²) in [7, 11) is 0. The average molecular weight is 394 g/mol. The Morgan fingerprint density at radius 2 is 1.86 bits per heavy atom. The Morgan fingerprint density at radius 3 is 2.48 bits per heavy atom. The summed E-state index contributed by atoms with van der Waals surface area (Å²) in [6.45, 7) is 13.5. The lowest BCUT2D eigenvalue weighted by Gasteiger charge is -2.27. The van der Waals surface area contributed by atoms with Crippen LogP contribution in [0.5, 0.6) is 0 Å². The number of aryl methyl sites for hydroxylation is 3. The van der Waals surface area contributed by atoms with Crippen molar-refractivity contribution in [1.82, 2.24) is 14.6 Å². The van der Waals surface area contributed by atoms with Crippen molar-refractivity contribution < 1.29 is 4.79 Å². The zero-order valence-corrected chi connectivity index (χ0v) is 18.3. The van der Waals surface area contributed by atoms with Gasteiger partial charge in [0.1, 0.15) is 0 Å². The molecule has 2 heterocycles. The molecule has 1 aromatic carbocycles. The highest BCUT2D eigenvalue weighted by Gasteiger charge is 2.13. The highest BCUT2D eigenvalue weighted by molar-refractivity contribution is 5.91. The van der Waals surface area contributed by atoms with Gasteiger partial charge in [0.05, 0.1) is 5.69 Å². The van der Waals surface area contributed by atoms with Gasteiger partial charge in [-0.1, -0.05) is 0 Å². The molecule has 0 aliphatic rings. The van der Waals surface area contributed by atoms with Gasteiger partial charge in [-0.05, 0) is 77.8 Å². The number of nitrogens with zero attached hydrogens (tertiary/aromatic N) is 4. The van der Waals surface area contributed by atoms with E-state index < -0.39 is 0 Å². The van der Waals surface area contributed by atoms with Crippen LogP contribution in [0.2, 0.25) is 0 Å². The Hall–Kier alpha value is -2.89. The van der Waals surface area contributed by atoms with E-state index in [1.807, 2.05) is 43.5 Å². The van der Waals surface area contributed by atoms with Crippen LogP contribution < -0.4 is 10.2 Å². The molecule has 0 atom stereocenters. The smallest absolute Gasteiger partial charge is 0.224 e. The average Bonchev–Trinajstić information content (AvgIpc) is 3.03. The molecule has 0 unspecified atom stereocenters. The molecule has 154 valence electrons. The van der Waals surface area contributed by atoms with Gasteiger partial charge in [0.2, 0.25) is 5.91 Å². The van der Waals surface area contributed by atoms with Crippen molar-refractivity contribution in [2.24, 2.45) is 0 Å². The number of anilines is 2. The SMILES string of the molecule is CCN(c1ccc(NC(=O)CCc2c(C)nc3cc(C)nn3c2C)cc1)C(C)C. The fourth-order valence-electron chi connectivity index (χ4n) is 3.85. The van der Waals surface area contributed by atoms with E-state index in [1.165, 1.54) is 5.69 Å². The normalized spacial score (nSPS) is 11.3. The second-order valence-electron chi connectivity index (χ2n) is 7.79. The van der Waals surface area contributed by atoms with Gasteiger partial charge in [-0.25, -0.2) is 9.50 Å². The summed E-state index contributed by atoms with van der Waals surface area (Å²) in [5.74, 6) is 0.00417. The first-order chi connectivity index (χ1) is 13.8. The Kier molecular flexibility index (Phi) is 6.20. The summed E-state index contributed by atoms with van der Waals surface area (Å²) < 4.78 is 1.86. The summed E-state index contributed by atoms with van der Waals surface area (Å²) in [5.41, 5.74) is 6.88. The van der Waals surface area contributed by atoms with Crippen LogP contribution in [0.15, 0.2) is 30.3 Å². The molecule has 1 N–H and O–H groups in total. The molecule has 0 aliphatic carbocycles. The first-order valence-electron chi connectivity index (χ1n) is 10.3. The highest BCUT2D eigenvalue weighted by Crippen LogP contribution is 2.21. The van der Waals surface area contributed by atoms with Crippen LogP contribution >= 0.6 is 0 Å². The van der Waals surface area contributed by atoms with Crippen molar-refractivity contribution in [3.63, 3.8) is 0 Å². The minimum Gasteiger partial charge on any atom is -0.369 e. The second kappa shape index (κ2) is 8.64. The molecule has 1 amide bonds. The minimum atomic E-state index is 0.00417. The van der Waals surface area contributed by atoms with E-state index in [0.29, 0.717) is 18.9 Å². The van der Waals surface area contributed by atoms with Crippen LogP contribution in [0.1, 0.15) is 49.8 Å². The van der Waals surface area contributed by atoms with E-state index in [2.05, 4.69) is 53.2 Å². The Bertz CT molecular complexity index is 1000. The first-order valence-corrected chi connectivity index (χ1v) is 10.3. The standard InChI is InChI=1S/C23H31N5O/c1-7-27(15(2)3)20-10-8-19(9-11-20)25-23(29)13-12-21-17(5)24-22-14-16(4)26-28(22)18(21)6/h8-11,14-15H,7,12-13H2,1-6H3,(H,25,29). The van der Waals surface area contributed by atoms with Crippen molar-refractivity contribution >= 4 is 22.9 Å². The predicted octanol–water partition coefficient (Wildman–Crippen LogP) is 4.46. The predicted molar refractivity (Wildman–Crippen MR) is 119 cm³/mol. The zero-order valence-electron chi connectivity index (χ0n) is 18.3. The third kappa shape index (κ3) is 4.58. The van der Waals surface area contributed by atoms with Crippen LogP contribution in [0.3, 0.4) is 0 Å². The van der Waals surface area contributed by atoms with Gasteiger partial charge in [-0.3, -0.25) is 4.79 Å². The quantitative estimate of drug-likeness (QED) is 0.644. The number of aromatic nitrogens is 3. The highest BCUT2D eigenvalue weighted by atomic mass is 16.1. The maximum absolute atomic E-state index is 12.5. The van der Waals surface area contributed by atoms with Crippen molar-refractivity contribution in [3.05, 3.63) is 53.0 Å². The number of hydrogen-bond donors (Lipinski definition) is 1. The number of carbonyl (C=O) groups is 1. The van der Waals surface area contributed by atoms with Gasteiger partial charge in [0.15, 0.2) is 5.65 Å². The number of hydrogen-bond acceptors (Lipinski definition) is 4. The summed E-state index contributed by atoms with van der Waals surface area (Å²) in [4.78, 5) is 19.4. The molecule has 3 aromatic rings. The van der Waals surface area contributed by atoms with Crippen molar-refractivity contribution in [3.8, 4) is 0 Å². The van der Waals surface area contributed by atoms with E-state index in [0.717, 1.165) is 40.5 Å². The summed E-state index contributed by atoms with van der Waals surface area (Å²) in [6, 6.07) is 10.5. The van der Waals surface area contributed by atoms with E-state index in [1.54, 1.807) is 0 Å². The van der Waals surface area contributed by atoms with Crippen LogP contribution in [0.25, 0.3) is 5.65 Å². The van der Waals surface area contributed by atoms with Crippen molar-refractivity contribution in [2.75, 3.05) is 16.8 Å². The van der Waals surface area contributed by atoms with Crippen LogP contribution in [0.4, 0.5) is 11.4 Å². The van der Waals surface area contributed by atoms with Crippen LogP contribution in [-0.2, 0) is 11.2 Å². The molecule has 0 radical (unpaired) electrons. The van der Waals surface area contributed by atoms with E-state index in [4.69, 9.17) is 0 Å². The zero-order chi connectivity index (χ0) is 21.1. The maximum Gasteiger partial charge on any atom is 0.224 e. The van der Waals surface area contributed by atoms with Gasteiger partial charge in [0.25, 0.3) is 0 Å². The van der Waals surface area contributed by atoms with Crippen LogP contribution in [0, 0.1) is 20.8 Å². The molecule has 0 bridgehead atoms. The van der Waals surface area contributed by atoms with Crippen molar-refractivity contribution in [1.29, 1.82) is 0 Å². The third-order valence-corrected chi connectivity index (χ3v) is 5.33. The van der Waals surface area contributed by atoms with Crippen molar-refractivity contribution in [2.45, 2.75) is 60.4 Å². The lowest BCUT2D eigenvalue weighted by atomic mass is 10.1. The molecule has 3 rings (SSSR count). The number of nitrogens with one attached hydrogen (secondary N) is 1. The largest absolute Gasteiger partial charge is 0.369 e. The minimum absolute atomic E-state index is 0.00417. The Morgan fingerprint density at radius 1 is 1.17 bits per heavy atom. The number of carbonyl (C=O) groups excluding carboxylic acids is 1.